The van der Waals surface area contributed by atoms with E-state index in [0.717, 1.165) is 23.5 Å². The molecule has 0 atom stereocenters. The lowest BCUT2D eigenvalue weighted by Gasteiger charge is -2.14. The lowest BCUT2D eigenvalue weighted by Crippen LogP contribution is -2.24. The topological polar surface area (TPSA) is 98.5 Å². The number of fused-ring (bicyclic) bond motifs is 1. The SMILES string of the molecule is O=C(COc1ccc(Cl)cc1/C=c1\sc2nc(-c3ccncc3)nn2c1=O)Nc1ccccc1C(F)(F)F. The van der Waals surface area contributed by atoms with Crippen molar-refractivity contribution < 1.29 is 22.7 Å². The normalized spacial score (nSPS) is 12.2. The maximum absolute atomic E-state index is 13.2. The van der Waals surface area contributed by atoms with Crippen molar-refractivity contribution in [3.63, 3.8) is 0 Å². The maximum atomic E-state index is 13.2. The van der Waals surface area contributed by atoms with E-state index < -0.39 is 29.8 Å². The number of halogens is 4. The molecule has 38 heavy (non-hydrogen) atoms. The Morgan fingerprint density at radius 2 is 1.89 bits per heavy atom. The number of nitrogens with zero attached hydrogens (tertiary/aromatic N) is 4. The third-order valence-corrected chi connectivity index (χ3v) is 6.44. The Balaban J connectivity index is 1.39. The second kappa shape index (κ2) is 10.2. The van der Waals surface area contributed by atoms with Gasteiger partial charge in [0.05, 0.1) is 15.8 Å². The molecule has 5 aromatic rings. The number of benzene rings is 2. The highest BCUT2D eigenvalue weighted by molar-refractivity contribution is 7.15. The van der Waals surface area contributed by atoms with Crippen molar-refractivity contribution in [2.75, 3.05) is 11.9 Å². The van der Waals surface area contributed by atoms with Crippen LogP contribution in [0.1, 0.15) is 11.1 Å². The largest absolute Gasteiger partial charge is 0.483 e. The molecule has 2 aromatic carbocycles. The first-order valence-corrected chi connectivity index (χ1v) is 12.1. The standard InChI is InChI=1S/C25H15ClF3N5O3S/c26-16-5-6-19(37-13-21(35)31-18-4-2-1-3-17(18)25(27,28)29)15(11-16)12-20-23(36)34-24(38-20)32-22(33-34)14-7-9-30-10-8-14/h1-12H,13H2,(H,31,35)/b20-12-. The molecule has 1 amide bonds. The number of thiazole rings is 1. The summed E-state index contributed by atoms with van der Waals surface area (Å²) in [6, 6.07) is 12.6. The van der Waals surface area contributed by atoms with Gasteiger partial charge in [0.25, 0.3) is 11.5 Å². The Bertz CT molecular complexity index is 1760. The van der Waals surface area contributed by atoms with Crippen LogP contribution in [-0.4, -0.2) is 32.1 Å². The van der Waals surface area contributed by atoms with E-state index in [1.54, 1.807) is 24.5 Å². The zero-order valence-corrected chi connectivity index (χ0v) is 20.6. The van der Waals surface area contributed by atoms with Gasteiger partial charge in [-0.3, -0.25) is 14.6 Å². The quantitative estimate of drug-likeness (QED) is 0.331. The first-order valence-electron chi connectivity index (χ1n) is 10.9. The molecule has 0 radical (unpaired) electrons. The summed E-state index contributed by atoms with van der Waals surface area (Å²) in [5.41, 5.74) is -0.669. The summed E-state index contributed by atoms with van der Waals surface area (Å²) in [4.78, 5) is 34.1. The molecule has 0 aliphatic rings. The van der Waals surface area contributed by atoms with E-state index in [1.165, 1.54) is 40.9 Å². The average Bonchev–Trinajstić information content (AvgIpc) is 3.43. The van der Waals surface area contributed by atoms with E-state index >= 15 is 0 Å². The Labute approximate surface area is 221 Å². The summed E-state index contributed by atoms with van der Waals surface area (Å²) < 4.78 is 46.7. The van der Waals surface area contributed by atoms with Crippen molar-refractivity contribution in [2.24, 2.45) is 0 Å². The van der Waals surface area contributed by atoms with E-state index in [2.05, 4.69) is 20.4 Å². The maximum Gasteiger partial charge on any atom is 0.418 e. The van der Waals surface area contributed by atoms with Crippen molar-refractivity contribution >= 4 is 45.6 Å². The molecular weight excluding hydrogens is 543 g/mol. The molecule has 13 heteroatoms. The zero-order valence-electron chi connectivity index (χ0n) is 19.1. The number of alkyl halides is 3. The van der Waals surface area contributed by atoms with Crippen LogP contribution >= 0.6 is 22.9 Å². The van der Waals surface area contributed by atoms with Crippen LogP contribution in [0.25, 0.3) is 22.4 Å². The van der Waals surface area contributed by atoms with Crippen LogP contribution in [0.2, 0.25) is 5.02 Å². The second-order valence-corrected chi connectivity index (χ2v) is 9.29. The monoisotopic (exact) mass is 557 g/mol. The molecule has 192 valence electrons. The minimum Gasteiger partial charge on any atom is -0.483 e. The van der Waals surface area contributed by atoms with Crippen LogP contribution in [0.5, 0.6) is 5.75 Å². The minimum atomic E-state index is -4.63. The Kier molecular flexibility index (Phi) is 6.83. The van der Waals surface area contributed by atoms with Gasteiger partial charge in [0.1, 0.15) is 5.75 Å². The molecule has 0 aliphatic carbocycles. The second-order valence-electron chi connectivity index (χ2n) is 7.84. The molecule has 0 aliphatic heterocycles. The van der Waals surface area contributed by atoms with Gasteiger partial charge in [-0.15, -0.1) is 5.10 Å². The molecule has 1 N–H and O–H groups in total. The number of carbonyl (C=O) groups is 1. The zero-order chi connectivity index (χ0) is 26.9. The number of nitrogens with one attached hydrogen (secondary N) is 1. The number of anilines is 1. The fraction of sp³-hybridized carbons (Fsp3) is 0.0800. The van der Waals surface area contributed by atoms with Crippen LogP contribution in [0.3, 0.4) is 0 Å². The first kappa shape index (κ1) is 25.4. The predicted octanol–water partition coefficient (Wildman–Crippen LogP) is 4.45. The van der Waals surface area contributed by atoms with Crippen molar-refractivity contribution in [3.05, 3.63) is 98.0 Å². The summed E-state index contributed by atoms with van der Waals surface area (Å²) in [5, 5.41) is 6.84. The molecule has 0 spiro atoms. The Morgan fingerprint density at radius 3 is 2.63 bits per heavy atom. The van der Waals surface area contributed by atoms with Gasteiger partial charge in [-0.1, -0.05) is 35.1 Å². The van der Waals surface area contributed by atoms with E-state index in [4.69, 9.17) is 16.3 Å². The van der Waals surface area contributed by atoms with Gasteiger partial charge < -0.3 is 10.1 Å². The average molecular weight is 558 g/mol. The third kappa shape index (κ3) is 5.36. The van der Waals surface area contributed by atoms with Crippen LogP contribution in [0.4, 0.5) is 18.9 Å². The third-order valence-electron chi connectivity index (χ3n) is 5.24. The number of ether oxygens (including phenoxy) is 1. The molecule has 0 bridgehead atoms. The summed E-state index contributed by atoms with van der Waals surface area (Å²) >= 11 is 7.23. The van der Waals surface area contributed by atoms with Crippen LogP contribution in [-0.2, 0) is 11.0 Å². The van der Waals surface area contributed by atoms with Crippen molar-refractivity contribution in [1.29, 1.82) is 0 Å². The van der Waals surface area contributed by atoms with E-state index in [9.17, 15) is 22.8 Å². The lowest BCUT2D eigenvalue weighted by atomic mass is 10.1. The number of carbonyl (C=O) groups excluding carboxylic acids is 1. The minimum absolute atomic E-state index is 0.199. The fourth-order valence-corrected chi connectivity index (χ4v) is 4.61. The van der Waals surface area contributed by atoms with Gasteiger partial charge >= 0.3 is 6.18 Å². The summed E-state index contributed by atoms with van der Waals surface area (Å²) in [6.07, 6.45) is 0.0800. The number of pyridine rings is 1. The molecule has 8 nitrogen and oxygen atoms in total. The molecular formula is C25H15ClF3N5O3S. The van der Waals surface area contributed by atoms with Gasteiger partial charge in [-0.2, -0.15) is 22.7 Å². The van der Waals surface area contributed by atoms with Crippen LogP contribution < -0.4 is 20.1 Å². The van der Waals surface area contributed by atoms with E-state index in [0.29, 0.717) is 26.9 Å². The Hall–Kier alpha value is -4.29. The lowest BCUT2D eigenvalue weighted by molar-refractivity contribution is -0.137. The number of hydrogen-bond donors (Lipinski definition) is 1. The molecule has 0 saturated heterocycles. The molecule has 5 rings (SSSR count). The number of hydrogen-bond acceptors (Lipinski definition) is 7. The van der Waals surface area contributed by atoms with Crippen molar-refractivity contribution in [3.8, 4) is 17.1 Å². The molecule has 0 saturated carbocycles. The highest BCUT2D eigenvalue weighted by atomic mass is 35.5. The van der Waals surface area contributed by atoms with Crippen LogP contribution in [0.15, 0.2) is 71.8 Å². The predicted molar refractivity (Wildman–Crippen MR) is 136 cm³/mol. The summed E-state index contributed by atoms with van der Waals surface area (Å²) in [7, 11) is 0. The summed E-state index contributed by atoms with van der Waals surface area (Å²) in [6.45, 7) is -0.580. The molecule has 0 fully saturated rings. The van der Waals surface area contributed by atoms with E-state index in [1.807, 2.05) is 0 Å². The van der Waals surface area contributed by atoms with Crippen molar-refractivity contribution in [1.82, 2.24) is 19.6 Å². The summed E-state index contributed by atoms with van der Waals surface area (Å²) in [5.74, 6) is -0.216. The highest BCUT2D eigenvalue weighted by Crippen LogP contribution is 2.34. The van der Waals surface area contributed by atoms with Gasteiger partial charge in [0, 0.05) is 28.5 Å². The first-order chi connectivity index (χ1) is 18.2. The molecule has 3 aromatic heterocycles. The van der Waals surface area contributed by atoms with Crippen LogP contribution in [0, 0.1) is 0 Å². The van der Waals surface area contributed by atoms with E-state index in [-0.39, 0.29) is 16.0 Å². The van der Waals surface area contributed by atoms with Gasteiger partial charge in [-0.05, 0) is 48.5 Å². The van der Waals surface area contributed by atoms with Gasteiger partial charge in [0.2, 0.25) is 4.96 Å². The molecule has 3 heterocycles. The number of rotatable bonds is 6. The van der Waals surface area contributed by atoms with Gasteiger partial charge in [-0.25, -0.2) is 0 Å². The smallest absolute Gasteiger partial charge is 0.418 e. The molecule has 0 unspecified atom stereocenters. The van der Waals surface area contributed by atoms with Crippen molar-refractivity contribution in [2.45, 2.75) is 6.18 Å². The number of amides is 1. The number of para-hydroxylation sites is 1. The highest BCUT2D eigenvalue weighted by Gasteiger charge is 2.33. The Morgan fingerprint density at radius 1 is 1.13 bits per heavy atom. The van der Waals surface area contributed by atoms with Gasteiger partial charge in [0.15, 0.2) is 12.4 Å². The fourth-order valence-electron chi connectivity index (χ4n) is 3.53. The number of aromatic nitrogens is 4.